The van der Waals surface area contributed by atoms with E-state index in [4.69, 9.17) is 21.7 Å². The quantitative estimate of drug-likeness (QED) is 0.740. The van der Waals surface area contributed by atoms with Crippen molar-refractivity contribution in [1.82, 2.24) is 9.99 Å². The van der Waals surface area contributed by atoms with Crippen LogP contribution in [0.5, 0.6) is 0 Å². The highest BCUT2D eigenvalue weighted by molar-refractivity contribution is 7.16. The van der Waals surface area contributed by atoms with Crippen LogP contribution >= 0.6 is 22.9 Å². The predicted molar refractivity (Wildman–Crippen MR) is 108 cm³/mol. The van der Waals surface area contributed by atoms with Crippen molar-refractivity contribution < 1.29 is 0 Å². The highest BCUT2D eigenvalue weighted by Gasteiger charge is 2.41. The maximum Gasteiger partial charge on any atom is 0.186 e. The summed E-state index contributed by atoms with van der Waals surface area (Å²) in [4.78, 5) is 12.5. The van der Waals surface area contributed by atoms with Gasteiger partial charge in [0.2, 0.25) is 0 Å². The zero-order valence-corrected chi connectivity index (χ0v) is 17.3. The number of hydrogen-bond acceptors (Lipinski definition) is 6. The van der Waals surface area contributed by atoms with Crippen LogP contribution in [0.4, 0.5) is 5.13 Å². The van der Waals surface area contributed by atoms with Gasteiger partial charge in [0.05, 0.1) is 16.6 Å². The van der Waals surface area contributed by atoms with Crippen LogP contribution in [0.1, 0.15) is 51.5 Å². The van der Waals surface area contributed by atoms with Gasteiger partial charge in [-0.3, -0.25) is 4.99 Å². The highest BCUT2D eigenvalue weighted by Crippen LogP contribution is 2.44. The number of hydrogen-bond donors (Lipinski definition) is 0. The number of fused-ring (bicyclic) bond motifs is 1. The molecule has 5 nitrogen and oxygen atoms in total. The van der Waals surface area contributed by atoms with Crippen LogP contribution in [0.25, 0.3) is 0 Å². The summed E-state index contributed by atoms with van der Waals surface area (Å²) in [6, 6.07) is 0.108. The van der Waals surface area contributed by atoms with Gasteiger partial charge in [-0.25, -0.2) is 9.99 Å². The molecule has 2 unspecified atom stereocenters. The van der Waals surface area contributed by atoms with E-state index in [2.05, 4.69) is 43.8 Å². The standard InChI is InChI=1S/C18H26ClN5S/c1-7-12(8-2)13-9-10(3)22-24-14(11(4)20-17(13)24)15-16(19)21-18(25-15)23(5)6/h9,11-12,14H,7-8H2,1-6H3. The van der Waals surface area contributed by atoms with E-state index in [1.807, 2.05) is 19.0 Å². The lowest BCUT2D eigenvalue weighted by molar-refractivity contribution is 0.331. The molecule has 0 aliphatic carbocycles. The molecule has 0 saturated carbocycles. The lowest BCUT2D eigenvalue weighted by atomic mass is 9.91. The number of hydrazone groups is 1. The largest absolute Gasteiger partial charge is 0.354 e. The molecule has 3 rings (SSSR count). The normalized spacial score (nSPS) is 22.7. The minimum Gasteiger partial charge on any atom is -0.354 e. The molecule has 2 atom stereocenters. The number of halogens is 1. The van der Waals surface area contributed by atoms with Gasteiger partial charge in [-0.2, -0.15) is 5.10 Å². The van der Waals surface area contributed by atoms with Crippen molar-refractivity contribution in [2.24, 2.45) is 16.0 Å². The van der Waals surface area contributed by atoms with Gasteiger partial charge in [-0.1, -0.05) is 36.8 Å². The molecule has 2 aliphatic rings. The van der Waals surface area contributed by atoms with Crippen LogP contribution in [0.3, 0.4) is 0 Å². The van der Waals surface area contributed by atoms with E-state index < -0.39 is 0 Å². The molecule has 25 heavy (non-hydrogen) atoms. The van der Waals surface area contributed by atoms with Crippen LogP contribution < -0.4 is 4.90 Å². The van der Waals surface area contributed by atoms with Crippen molar-refractivity contribution >= 4 is 39.6 Å². The van der Waals surface area contributed by atoms with Crippen molar-refractivity contribution in [1.29, 1.82) is 0 Å². The first-order chi connectivity index (χ1) is 11.9. The monoisotopic (exact) mass is 379 g/mol. The van der Waals surface area contributed by atoms with Gasteiger partial charge in [-0.05, 0) is 38.7 Å². The summed E-state index contributed by atoms with van der Waals surface area (Å²) in [6.45, 7) is 8.66. The summed E-state index contributed by atoms with van der Waals surface area (Å²) in [5.41, 5.74) is 2.33. The van der Waals surface area contributed by atoms with E-state index in [1.165, 1.54) is 5.57 Å². The molecule has 136 valence electrons. The molecule has 1 aromatic rings. The van der Waals surface area contributed by atoms with Crippen molar-refractivity contribution in [3.8, 4) is 0 Å². The van der Waals surface area contributed by atoms with E-state index in [0.29, 0.717) is 11.1 Å². The van der Waals surface area contributed by atoms with E-state index in [0.717, 1.165) is 34.4 Å². The molecular weight excluding hydrogens is 354 g/mol. The number of rotatable bonds is 5. The van der Waals surface area contributed by atoms with Crippen molar-refractivity contribution in [2.75, 3.05) is 19.0 Å². The molecule has 0 spiro atoms. The Bertz CT molecular complexity index is 745. The van der Waals surface area contributed by atoms with Crippen molar-refractivity contribution in [3.63, 3.8) is 0 Å². The van der Waals surface area contributed by atoms with Crippen LogP contribution in [0.2, 0.25) is 5.15 Å². The third-order valence-corrected chi connectivity index (χ3v) is 6.52. The van der Waals surface area contributed by atoms with Gasteiger partial charge in [0.25, 0.3) is 0 Å². The lowest BCUT2D eigenvalue weighted by Crippen LogP contribution is -2.34. The minimum absolute atomic E-state index is 0.0155. The van der Waals surface area contributed by atoms with Gasteiger partial charge in [0, 0.05) is 19.7 Å². The summed E-state index contributed by atoms with van der Waals surface area (Å²) in [6.07, 6.45) is 4.41. The van der Waals surface area contributed by atoms with Gasteiger partial charge in [0.1, 0.15) is 17.0 Å². The number of thiazole rings is 1. The van der Waals surface area contributed by atoms with Crippen LogP contribution in [-0.4, -0.2) is 41.7 Å². The Morgan fingerprint density at radius 2 is 2.00 bits per heavy atom. The highest BCUT2D eigenvalue weighted by atomic mass is 35.5. The Balaban J connectivity index is 2.01. The molecule has 2 aliphatic heterocycles. The first-order valence-electron chi connectivity index (χ1n) is 8.85. The zero-order valence-electron chi connectivity index (χ0n) is 15.7. The summed E-state index contributed by atoms with van der Waals surface area (Å²) in [5.74, 6) is 1.51. The Labute approximate surface area is 159 Å². The number of anilines is 1. The number of allylic oxidation sites excluding steroid dienone is 1. The van der Waals surface area contributed by atoms with Crippen LogP contribution in [0.15, 0.2) is 21.7 Å². The molecule has 0 fully saturated rings. The lowest BCUT2D eigenvalue weighted by Gasteiger charge is -2.30. The molecule has 3 heterocycles. The second kappa shape index (κ2) is 7.08. The summed E-state index contributed by atoms with van der Waals surface area (Å²) in [5, 5.41) is 8.35. The smallest absolute Gasteiger partial charge is 0.186 e. The molecule has 0 saturated heterocycles. The zero-order chi connectivity index (χ0) is 18.3. The molecule has 0 N–H and O–H groups in total. The molecular formula is C18H26ClN5S. The van der Waals surface area contributed by atoms with Gasteiger partial charge in [-0.15, -0.1) is 0 Å². The number of amidine groups is 1. The summed E-state index contributed by atoms with van der Waals surface area (Å²) < 4.78 is 0. The average molecular weight is 380 g/mol. The third kappa shape index (κ3) is 3.22. The SMILES string of the molecule is CCC(CC)C1=CC(C)=NN2C1=NC(C)C2c1sc(N(C)C)nc1Cl. The summed E-state index contributed by atoms with van der Waals surface area (Å²) >= 11 is 8.11. The van der Waals surface area contributed by atoms with Crippen molar-refractivity contribution in [3.05, 3.63) is 21.7 Å². The maximum absolute atomic E-state index is 6.49. The minimum atomic E-state index is 0.0155. The topological polar surface area (TPSA) is 44.1 Å². The predicted octanol–water partition coefficient (Wildman–Crippen LogP) is 4.76. The fraction of sp³-hybridized carbons (Fsp3) is 0.611. The van der Waals surface area contributed by atoms with E-state index in [9.17, 15) is 0 Å². The molecule has 0 aromatic carbocycles. The Hall–Kier alpha value is -1.40. The molecule has 0 bridgehead atoms. The average Bonchev–Trinajstić information content (AvgIpc) is 3.08. The first-order valence-corrected chi connectivity index (χ1v) is 10.0. The van der Waals surface area contributed by atoms with Crippen LogP contribution in [0, 0.1) is 5.92 Å². The number of aliphatic imine (C=N–C) groups is 1. The molecule has 1 aromatic heterocycles. The Morgan fingerprint density at radius 3 is 2.56 bits per heavy atom. The Morgan fingerprint density at radius 1 is 1.32 bits per heavy atom. The summed E-state index contributed by atoms with van der Waals surface area (Å²) in [7, 11) is 3.96. The van der Waals surface area contributed by atoms with Gasteiger partial charge < -0.3 is 4.90 Å². The molecule has 7 heteroatoms. The van der Waals surface area contributed by atoms with Gasteiger partial charge >= 0.3 is 0 Å². The molecule has 0 radical (unpaired) electrons. The third-order valence-electron chi connectivity index (χ3n) is 4.83. The number of nitrogens with zero attached hydrogens (tertiary/aromatic N) is 5. The van der Waals surface area contributed by atoms with Gasteiger partial charge in [0.15, 0.2) is 5.13 Å². The second-order valence-electron chi connectivity index (χ2n) is 6.88. The van der Waals surface area contributed by atoms with E-state index >= 15 is 0 Å². The fourth-order valence-corrected chi connectivity index (χ4v) is 4.92. The van der Waals surface area contributed by atoms with Crippen LogP contribution in [-0.2, 0) is 0 Å². The van der Waals surface area contributed by atoms with Crippen molar-refractivity contribution in [2.45, 2.75) is 52.6 Å². The Kier molecular flexibility index (Phi) is 5.21. The first kappa shape index (κ1) is 18.4. The number of aromatic nitrogens is 1. The molecule has 0 amide bonds. The van der Waals surface area contributed by atoms with E-state index in [1.54, 1.807) is 11.3 Å². The van der Waals surface area contributed by atoms with E-state index in [-0.39, 0.29) is 12.1 Å². The second-order valence-corrected chi connectivity index (χ2v) is 8.25. The fourth-order valence-electron chi connectivity index (χ4n) is 3.50. The maximum atomic E-state index is 6.49.